The van der Waals surface area contributed by atoms with Gasteiger partial charge in [0.05, 0.1) is 18.1 Å². The minimum absolute atomic E-state index is 0.0149. The summed E-state index contributed by atoms with van der Waals surface area (Å²) in [6.45, 7) is 1.28. The van der Waals surface area contributed by atoms with Crippen molar-refractivity contribution in [3.05, 3.63) is 53.6 Å². The van der Waals surface area contributed by atoms with E-state index in [2.05, 4.69) is 14.7 Å². The molecule has 8 nitrogen and oxygen atoms in total. The third kappa shape index (κ3) is 5.13. The van der Waals surface area contributed by atoms with E-state index in [1.807, 2.05) is 0 Å². The van der Waals surface area contributed by atoms with E-state index in [1.165, 1.54) is 36.7 Å². The van der Waals surface area contributed by atoms with E-state index in [1.54, 1.807) is 6.92 Å². The van der Waals surface area contributed by atoms with Gasteiger partial charge in [0.1, 0.15) is 0 Å². The van der Waals surface area contributed by atoms with E-state index in [0.29, 0.717) is 11.4 Å². The first kappa shape index (κ1) is 17.5. The molecular weight excluding hydrogens is 334 g/mol. The lowest BCUT2D eigenvalue weighted by Gasteiger charge is -2.06. The molecule has 0 aliphatic heterocycles. The van der Waals surface area contributed by atoms with Crippen LogP contribution in [-0.2, 0) is 14.8 Å². The number of nitrogens with zero attached hydrogens (tertiary/aromatic N) is 2. The van der Waals surface area contributed by atoms with E-state index in [0.717, 1.165) is 6.26 Å². The van der Waals surface area contributed by atoms with Gasteiger partial charge < -0.3 is 4.74 Å². The number of anilines is 1. The van der Waals surface area contributed by atoms with E-state index < -0.39 is 28.4 Å². The van der Waals surface area contributed by atoms with Crippen LogP contribution in [0.3, 0.4) is 0 Å². The number of Topliss-reactive ketones (excluding diaryl/α,β-unsaturated/α-hetero) is 1. The van der Waals surface area contributed by atoms with Gasteiger partial charge in [-0.15, -0.1) is 0 Å². The molecule has 0 amide bonds. The van der Waals surface area contributed by atoms with Gasteiger partial charge in [0.2, 0.25) is 10.0 Å². The molecular formula is C15H15N3O5S. The zero-order chi connectivity index (χ0) is 17.7. The van der Waals surface area contributed by atoms with E-state index in [4.69, 9.17) is 4.74 Å². The monoisotopic (exact) mass is 349 g/mol. The van der Waals surface area contributed by atoms with Crippen molar-refractivity contribution in [1.82, 2.24) is 9.97 Å². The SMILES string of the molecule is Cc1cnc(C(=O)OCC(=O)c2ccc(NS(C)(=O)=O)cc2)cn1. The highest BCUT2D eigenvalue weighted by Gasteiger charge is 2.13. The molecule has 0 unspecified atom stereocenters. The molecule has 0 bridgehead atoms. The van der Waals surface area contributed by atoms with Crippen molar-refractivity contribution in [2.24, 2.45) is 0 Å². The lowest BCUT2D eigenvalue weighted by Crippen LogP contribution is -2.15. The van der Waals surface area contributed by atoms with Crippen molar-refractivity contribution < 1.29 is 22.7 Å². The smallest absolute Gasteiger partial charge is 0.358 e. The summed E-state index contributed by atoms with van der Waals surface area (Å²) in [4.78, 5) is 31.5. The number of nitrogens with one attached hydrogen (secondary N) is 1. The van der Waals surface area contributed by atoms with Crippen LogP contribution in [0.25, 0.3) is 0 Å². The number of carbonyl (C=O) groups is 2. The molecule has 0 saturated carbocycles. The maximum atomic E-state index is 12.0. The highest BCUT2D eigenvalue weighted by molar-refractivity contribution is 7.92. The van der Waals surface area contributed by atoms with Gasteiger partial charge in [-0.05, 0) is 31.2 Å². The van der Waals surface area contributed by atoms with Gasteiger partial charge in [-0.1, -0.05) is 0 Å². The molecule has 0 atom stereocenters. The van der Waals surface area contributed by atoms with Crippen molar-refractivity contribution in [3.8, 4) is 0 Å². The van der Waals surface area contributed by atoms with Gasteiger partial charge in [-0.3, -0.25) is 14.5 Å². The van der Waals surface area contributed by atoms with Crippen LogP contribution in [0.5, 0.6) is 0 Å². The Morgan fingerprint density at radius 2 is 1.79 bits per heavy atom. The topological polar surface area (TPSA) is 115 Å². The Morgan fingerprint density at radius 1 is 1.12 bits per heavy atom. The molecule has 2 aromatic rings. The Hall–Kier alpha value is -2.81. The van der Waals surface area contributed by atoms with Crippen LogP contribution < -0.4 is 4.72 Å². The molecule has 0 aliphatic carbocycles. The van der Waals surface area contributed by atoms with Gasteiger partial charge in [-0.2, -0.15) is 0 Å². The van der Waals surface area contributed by atoms with Crippen LogP contribution in [0.15, 0.2) is 36.7 Å². The van der Waals surface area contributed by atoms with Crippen LogP contribution in [0, 0.1) is 6.92 Å². The summed E-state index contributed by atoms with van der Waals surface area (Å²) in [6, 6.07) is 5.77. The lowest BCUT2D eigenvalue weighted by atomic mass is 10.1. The molecule has 24 heavy (non-hydrogen) atoms. The molecule has 1 aromatic heterocycles. The average molecular weight is 349 g/mol. The predicted molar refractivity (Wildman–Crippen MR) is 86.3 cm³/mol. The fourth-order valence-electron chi connectivity index (χ4n) is 1.72. The predicted octanol–water partition coefficient (Wildman–Crippen LogP) is 1.20. The van der Waals surface area contributed by atoms with Crippen molar-refractivity contribution in [2.75, 3.05) is 17.6 Å². The molecule has 2 rings (SSSR count). The second-order valence-corrected chi connectivity index (χ2v) is 6.74. The molecule has 0 spiro atoms. The molecule has 1 N–H and O–H groups in total. The number of benzene rings is 1. The third-order valence-corrected chi connectivity index (χ3v) is 3.44. The number of rotatable bonds is 6. The fraction of sp³-hybridized carbons (Fsp3) is 0.200. The van der Waals surface area contributed by atoms with Gasteiger partial charge >= 0.3 is 5.97 Å². The van der Waals surface area contributed by atoms with E-state index in [9.17, 15) is 18.0 Å². The first-order chi connectivity index (χ1) is 11.2. The van der Waals surface area contributed by atoms with Gasteiger partial charge in [0.25, 0.3) is 0 Å². The van der Waals surface area contributed by atoms with Crippen LogP contribution in [-0.4, -0.2) is 43.0 Å². The number of esters is 1. The van der Waals surface area contributed by atoms with Crippen molar-refractivity contribution in [2.45, 2.75) is 6.92 Å². The van der Waals surface area contributed by atoms with Crippen molar-refractivity contribution in [1.29, 1.82) is 0 Å². The number of aryl methyl sites for hydroxylation is 1. The number of hydrogen-bond acceptors (Lipinski definition) is 7. The first-order valence-corrected chi connectivity index (χ1v) is 8.70. The van der Waals surface area contributed by atoms with Crippen LogP contribution in [0.1, 0.15) is 26.5 Å². The fourth-order valence-corrected chi connectivity index (χ4v) is 2.29. The molecule has 0 radical (unpaired) electrons. The van der Waals surface area contributed by atoms with Gasteiger partial charge in [-0.25, -0.2) is 18.2 Å². The number of ether oxygens (including phenoxy) is 1. The maximum absolute atomic E-state index is 12.0. The van der Waals surface area contributed by atoms with Gasteiger partial charge in [0, 0.05) is 17.4 Å². The van der Waals surface area contributed by atoms with Crippen LogP contribution in [0.2, 0.25) is 0 Å². The molecule has 1 aromatic carbocycles. The number of sulfonamides is 1. The number of carbonyl (C=O) groups excluding carboxylic acids is 2. The van der Waals surface area contributed by atoms with E-state index >= 15 is 0 Å². The second-order valence-electron chi connectivity index (χ2n) is 4.99. The normalized spacial score (nSPS) is 10.9. The highest BCUT2D eigenvalue weighted by Crippen LogP contribution is 2.11. The Kier molecular flexibility index (Phi) is 5.24. The molecule has 0 aliphatic rings. The standard InChI is InChI=1S/C15H15N3O5S/c1-10-7-17-13(8-16-10)15(20)23-9-14(19)11-3-5-12(6-4-11)18-24(2,21)22/h3-8,18H,9H2,1-2H3. The largest absolute Gasteiger partial charge is 0.453 e. The zero-order valence-corrected chi connectivity index (χ0v) is 13.8. The second kappa shape index (κ2) is 7.18. The summed E-state index contributed by atoms with van der Waals surface area (Å²) >= 11 is 0. The quantitative estimate of drug-likeness (QED) is 0.615. The molecule has 1 heterocycles. The molecule has 0 saturated heterocycles. The Morgan fingerprint density at radius 3 is 2.33 bits per heavy atom. The maximum Gasteiger partial charge on any atom is 0.358 e. The van der Waals surface area contributed by atoms with Crippen molar-refractivity contribution in [3.63, 3.8) is 0 Å². The third-order valence-electron chi connectivity index (χ3n) is 2.83. The summed E-state index contributed by atoms with van der Waals surface area (Å²) in [7, 11) is -3.38. The Balaban J connectivity index is 1.95. The molecule has 126 valence electrons. The zero-order valence-electron chi connectivity index (χ0n) is 13.0. The summed E-state index contributed by atoms with van der Waals surface area (Å²) < 4.78 is 29.4. The summed E-state index contributed by atoms with van der Waals surface area (Å²) in [5, 5.41) is 0. The summed E-state index contributed by atoms with van der Waals surface area (Å²) in [6.07, 6.45) is 3.72. The Bertz CT molecular complexity index is 846. The minimum atomic E-state index is -3.38. The lowest BCUT2D eigenvalue weighted by molar-refractivity contribution is 0.0468. The number of aromatic nitrogens is 2. The van der Waals surface area contributed by atoms with Crippen molar-refractivity contribution >= 4 is 27.5 Å². The number of ketones is 1. The first-order valence-electron chi connectivity index (χ1n) is 6.81. The van der Waals surface area contributed by atoms with E-state index in [-0.39, 0.29) is 11.3 Å². The van der Waals surface area contributed by atoms with Gasteiger partial charge in [0.15, 0.2) is 18.1 Å². The minimum Gasteiger partial charge on any atom is -0.453 e. The van der Waals surface area contributed by atoms with Crippen LogP contribution >= 0.6 is 0 Å². The number of hydrogen-bond donors (Lipinski definition) is 1. The highest BCUT2D eigenvalue weighted by atomic mass is 32.2. The summed E-state index contributed by atoms with van der Waals surface area (Å²) in [5.74, 6) is -1.17. The molecule has 9 heteroatoms. The Labute approximate surface area is 138 Å². The van der Waals surface area contributed by atoms with Crippen LogP contribution in [0.4, 0.5) is 5.69 Å². The average Bonchev–Trinajstić information content (AvgIpc) is 2.52. The molecule has 0 fully saturated rings. The summed E-state index contributed by atoms with van der Waals surface area (Å²) in [5.41, 5.74) is 1.30.